The van der Waals surface area contributed by atoms with Gasteiger partial charge in [0.2, 0.25) is 0 Å². The third kappa shape index (κ3) is 3.83. The second-order valence-corrected chi connectivity index (χ2v) is 5.25. The summed E-state index contributed by atoms with van der Waals surface area (Å²) in [6, 6.07) is 5.97. The molecule has 0 radical (unpaired) electrons. The maximum atomic E-state index is 6.18. The topological polar surface area (TPSA) is 38.5 Å². The number of benzene rings is 1. The second-order valence-electron chi connectivity index (χ2n) is 5.25. The number of ether oxygens (including phenoxy) is 1. The molecule has 1 aromatic rings. The molecule has 102 valence electrons. The van der Waals surface area contributed by atoms with Crippen molar-refractivity contribution < 1.29 is 4.74 Å². The summed E-state index contributed by atoms with van der Waals surface area (Å²) < 4.78 is 5.72. The fourth-order valence-corrected chi connectivity index (χ4v) is 1.92. The third-order valence-corrected chi connectivity index (χ3v) is 3.10. The van der Waals surface area contributed by atoms with Crippen LogP contribution in [0.3, 0.4) is 0 Å². The summed E-state index contributed by atoms with van der Waals surface area (Å²) in [5, 5.41) is 0. The molecule has 0 aromatic heterocycles. The number of rotatable bonds is 6. The molecule has 0 saturated carbocycles. The van der Waals surface area contributed by atoms with Gasteiger partial charge in [-0.1, -0.05) is 26.3 Å². The fourth-order valence-electron chi connectivity index (χ4n) is 1.92. The van der Waals surface area contributed by atoms with Crippen molar-refractivity contribution >= 4 is 11.4 Å². The molecule has 1 aromatic carbocycles. The lowest BCUT2D eigenvalue weighted by atomic mass is 10.1. The molecule has 0 bridgehead atoms. The van der Waals surface area contributed by atoms with Gasteiger partial charge in [-0.25, -0.2) is 0 Å². The SMILES string of the molecule is CCC(C)CN(C)c1cccc(OC(C)C)c1N. The van der Waals surface area contributed by atoms with Crippen molar-refractivity contribution in [1.29, 1.82) is 0 Å². The molecule has 1 rings (SSSR count). The largest absolute Gasteiger partial charge is 0.489 e. The van der Waals surface area contributed by atoms with Crippen LogP contribution in [0.1, 0.15) is 34.1 Å². The van der Waals surface area contributed by atoms with E-state index in [-0.39, 0.29) is 6.10 Å². The highest BCUT2D eigenvalue weighted by molar-refractivity contribution is 5.73. The van der Waals surface area contributed by atoms with Crippen molar-refractivity contribution in [1.82, 2.24) is 0 Å². The minimum atomic E-state index is 0.141. The Hall–Kier alpha value is -1.38. The quantitative estimate of drug-likeness (QED) is 0.785. The first kappa shape index (κ1) is 14.7. The summed E-state index contributed by atoms with van der Waals surface area (Å²) in [7, 11) is 2.08. The number of hydrogen-bond acceptors (Lipinski definition) is 3. The molecule has 0 aliphatic heterocycles. The highest BCUT2D eigenvalue weighted by atomic mass is 16.5. The van der Waals surface area contributed by atoms with Crippen LogP contribution in [0.4, 0.5) is 11.4 Å². The zero-order valence-corrected chi connectivity index (χ0v) is 12.2. The first-order chi connectivity index (χ1) is 8.45. The number of para-hydroxylation sites is 1. The molecule has 0 aliphatic carbocycles. The van der Waals surface area contributed by atoms with Gasteiger partial charge < -0.3 is 15.4 Å². The van der Waals surface area contributed by atoms with Gasteiger partial charge in [0.05, 0.1) is 17.5 Å². The molecule has 18 heavy (non-hydrogen) atoms. The number of nitrogen functional groups attached to an aromatic ring is 1. The zero-order valence-electron chi connectivity index (χ0n) is 12.2. The van der Waals surface area contributed by atoms with Crippen LogP contribution < -0.4 is 15.4 Å². The Bertz CT molecular complexity index is 377. The van der Waals surface area contributed by atoms with Crippen molar-refractivity contribution in [3.8, 4) is 5.75 Å². The van der Waals surface area contributed by atoms with Gasteiger partial charge in [0.1, 0.15) is 5.75 Å². The molecule has 1 unspecified atom stereocenters. The molecule has 2 N–H and O–H groups in total. The molecule has 0 saturated heterocycles. The van der Waals surface area contributed by atoms with Gasteiger partial charge in [-0.05, 0) is 31.9 Å². The van der Waals surface area contributed by atoms with E-state index in [4.69, 9.17) is 10.5 Å². The smallest absolute Gasteiger partial charge is 0.144 e. The van der Waals surface area contributed by atoms with Crippen LogP contribution in [0.5, 0.6) is 5.75 Å². The van der Waals surface area contributed by atoms with E-state index in [2.05, 4.69) is 25.8 Å². The Balaban J connectivity index is 2.88. The van der Waals surface area contributed by atoms with Gasteiger partial charge in [-0.2, -0.15) is 0 Å². The Kier molecular flexibility index (Phi) is 5.32. The van der Waals surface area contributed by atoms with Crippen molar-refractivity contribution in [2.45, 2.75) is 40.2 Å². The Morgan fingerprint density at radius 1 is 1.28 bits per heavy atom. The van der Waals surface area contributed by atoms with Crippen LogP contribution in [-0.2, 0) is 0 Å². The molecule has 0 spiro atoms. The van der Waals surface area contributed by atoms with Gasteiger partial charge in [0, 0.05) is 13.6 Å². The zero-order chi connectivity index (χ0) is 13.7. The average Bonchev–Trinajstić information content (AvgIpc) is 2.31. The molecule has 3 nitrogen and oxygen atoms in total. The minimum Gasteiger partial charge on any atom is -0.489 e. The number of nitrogens with two attached hydrogens (primary N) is 1. The normalized spacial score (nSPS) is 12.6. The van der Waals surface area contributed by atoms with Crippen LogP contribution >= 0.6 is 0 Å². The molecule has 0 amide bonds. The lowest BCUT2D eigenvalue weighted by Crippen LogP contribution is -2.24. The van der Waals surface area contributed by atoms with E-state index >= 15 is 0 Å². The number of hydrogen-bond donors (Lipinski definition) is 1. The van der Waals surface area contributed by atoms with Crippen molar-refractivity contribution in [2.75, 3.05) is 24.2 Å². The van der Waals surface area contributed by atoms with E-state index < -0.39 is 0 Å². The van der Waals surface area contributed by atoms with Gasteiger partial charge >= 0.3 is 0 Å². The first-order valence-electron chi connectivity index (χ1n) is 6.72. The highest BCUT2D eigenvalue weighted by Crippen LogP contribution is 2.32. The van der Waals surface area contributed by atoms with Gasteiger partial charge in [0.15, 0.2) is 0 Å². The summed E-state index contributed by atoms with van der Waals surface area (Å²) in [5.41, 5.74) is 7.97. The van der Waals surface area contributed by atoms with E-state index in [1.807, 2.05) is 32.0 Å². The van der Waals surface area contributed by atoms with Gasteiger partial charge in [0.25, 0.3) is 0 Å². The summed E-state index contributed by atoms with van der Waals surface area (Å²) >= 11 is 0. The summed E-state index contributed by atoms with van der Waals surface area (Å²) in [6.45, 7) is 9.48. The predicted octanol–water partition coefficient (Wildman–Crippen LogP) is 3.54. The molecule has 0 aliphatic rings. The van der Waals surface area contributed by atoms with E-state index in [1.165, 1.54) is 6.42 Å². The first-order valence-corrected chi connectivity index (χ1v) is 6.72. The summed E-state index contributed by atoms with van der Waals surface area (Å²) in [6.07, 6.45) is 1.31. The summed E-state index contributed by atoms with van der Waals surface area (Å²) in [5.74, 6) is 1.43. The standard InChI is InChI=1S/C15H26N2O/c1-6-12(4)10-17(5)13-8-7-9-14(15(13)16)18-11(2)3/h7-9,11-12H,6,10,16H2,1-5H3. The third-order valence-electron chi connectivity index (χ3n) is 3.10. The molecule has 0 fully saturated rings. The fraction of sp³-hybridized carbons (Fsp3) is 0.600. The lowest BCUT2D eigenvalue weighted by molar-refractivity contribution is 0.244. The molecule has 0 heterocycles. The molecule has 1 atom stereocenters. The van der Waals surface area contributed by atoms with E-state index in [1.54, 1.807) is 0 Å². The van der Waals surface area contributed by atoms with Crippen LogP contribution in [0.25, 0.3) is 0 Å². The van der Waals surface area contributed by atoms with Crippen molar-refractivity contribution in [2.24, 2.45) is 5.92 Å². The predicted molar refractivity (Wildman–Crippen MR) is 79.3 cm³/mol. The van der Waals surface area contributed by atoms with E-state index in [0.29, 0.717) is 5.92 Å². The number of anilines is 2. The van der Waals surface area contributed by atoms with Crippen molar-refractivity contribution in [3.63, 3.8) is 0 Å². The number of nitrogens with zero attached hydrogens (tertiary/aromatic N) is 1. The van der Waals surface area contributed by atoms with Crippen LogP contribution in [0.2, 0.25) is 0 Å². The van der Waals surface area contributed by atoms with E-state index in [0.717, 1.165) is 23.7 Å². The Labute approximate surface area is 111 Å². The monoisotopic (exact) mass is 250 g/mol. The maximum Gasteiger partial charge on any atom is 0.144 e. The molecular formula is C15H26N2O. The van der Waals surface area contributed by atoms with Crippen LogP contribution in [-0.4, -0.2) is 19.7 Å². The Morgan fingerprint density at radius 2 is 1.94 bits per heavy atom. The van der Waals surface area contributed by atoms with Crippen LogP contribution in [0.15, 0.2) is 18.2 Å². The minimum absolute atomic E-state index is 0.141. The van der Waals surface area contributed by atoms with Gasteiger partial charge in [-0.15, -0.1) is 0 Å². The van der Waals surface area contributed by atoms with Gasteiger partial charge in [-0.3, -0.25) is 0 Å². The van der Waals surface area contributed by atoms with Crippen molar-refractivity contribution in [3.05, 3.63) is 18.2 Å². The van der Waals surface area contributed by atoms with E-state index in [9.17, 15) is 0 Å². The molecule has 3 heteroatoms. The van der Waals surface area contributed by atoms with Crippen LogP contribution in [0, 0.1) is 5.92 Å². The maximum absolute atomic E-state index is 6.18. The average molecular weight is 250 g/mol. The lowest BCUT2D eigenvalue weighted by Gasteiger charge is -2.25. The summed E-state index contributed by atoms with van der Waals surface area (Å²) in [4.78, 5) is 2.21. The Morgan fingerprint density at radius 3 is 2.50 bits per heavy atom. The highest BCUT2D eigenvalue weighted by Gasteiger charge is 2.12. The molecular weight excluding hydrogens is 224 g/mol. The second kappa shape index (κ2) is 6.53.